The Hall–Kier alpha value is -3.29. The summed E-state index contributed by atoms with van der Waals surface area (Å²) in [7, 11) is -4.05. The van der Waals surface area contributed by atoms with Crippen molar-refractivity contribution in [1.82, 2.24) is 4.90 Å². The largest absolute Gasteiger partial charge is 0.477 e. The van der Waals surface area contributed by atoms with Crippen molar-refractivity contribution in [3.63, 3.8) is 0 Å². The predicted molar refractivity (Wildman–Crippen MR) is 173 cm³/mol. The minimum absolute atomic E-state index is 0.174. The lowest BCUT2D eigenvalue weighted by Crippen LogP contribution is -2.75. The van der Waals surface area contributed by atoms with Crippen molar-refractivity contribution < 1.29 is 37.2 Å². The molecular weight excluding hydrogens is 606 g/mol. The average Bonchev–Trinajstić information content (AvgIpc) is 3.29. The number of quaternary nitrogens is 2. The van der Waals surface area contributed by atoms with E-state index in [9.17, 15) is 28.2 Å². The molecule has 1 amide bonds. The molecule has 4 atom stereocenters. The molecule has 0 aliphatic carbocycles. The third-order valence-electron chi connectivity index (χ3n) is 11.8. The number of amides is 1. The molecule has 4 saturated heterocycles. The highest BCUT2D eigenvalue weighted by Gasteiger charge is 2.60. The normalized spacial score (nSPS) is 31.3. The van der Waals surface area contributed by atoms with Crippen molar-refractivity contribution in [2.24, 2.45) is 17.6 Å². The van der Waals surface area contributed by atoms with Crippen LogP contribution in [-0.2, 0) is 26.0 Å². The molecule has 2 aromatic rings. The minimum atomic E-state index is -4.05. The molecule has 0 unspecified atom stereocenters. The van der Waals surface area contributed by atoms with Gasteiger partial charge in [0.05, 0.1) is 48.3 Å². The first-order valence-corrected chi connectivity index (χ1v) is 18.0. The first-order valence-electron chi connectivity index (χ1n) is 16.5. The number of nitrogens with two attached hydrogens (primary N) is 1. The lowest BCUT2D eigenvalue weighted by atomic mass is 9.77. The molecule has 6 aliphatic rings. The van der Waals surface area contributed by atoms with E-state index in [1.54, 1.807) is 18.2 Å². The van der Waals surface area contributed by atoms with Crippen molar-refractivity contribution in [3.05, 3.63) is 59.3 Å². The summed E-state index contributed by atoms with van der Waals surface area (Å²) in [6, 6.07) is 12.5. The van der Waals surface area contributed by atoms with Gasteiger partial charge in [0.2, 0.25) is 5.91 Å². The van der Waals surface area contributed by atoms with Gasteiger partial charge in [0.15, 0.2) is 0 Å². The van der Waals surface area contributed by atoms with Gasteiger partial charge >= 0.3 is 5.97 Å². The Morgan fingerprint density at radius 1 is 1.02 bits per heavy atom. The van der Waals surface area contributed by atoms with Gasteiger partial charge in [-0.25, -0.2) is 13.2 Å². The molecule has 0 radical (unpaired) electrons. The summed E-state index contributed by atoms with van der Waals surface area (Å²) in [5.41, 5.74) is 9.05. The molecular formula is C34H45N5O6S+2. The molecule has 0 saturated carbocycles. The first-order chi connectivity index (χ1) is 21.9. The van der Waals surface area contributed by atoms with E-state index in [-0.39, 0.29) is 17.1 Å². The first kappa shape index (κ1) is 31.3. The van der Waals surface area contributed by atoms with E-state index in [4.69, 9.17) is 5.73 Å². The van der Waals surface area contributed by atoms with Crippen LogP contribution in [0.15, 0.2) is 58.6 Å². The Bertz CT molecular complexity index is 1710. The quantitative estimate of drug-likeness (QED) is 0.262. The number of benzene rings is 2. The Morgan fingerprint density at radius 3 is 2.30 bits per heavy atom. The van der Waals surface area contributed by atoms with Crippen LogP contribution < -0.4 is 10.0 Å². The van der Waals surface area contributed by atoms with E-state index in [0.29, 0.717) is 16.8 Å². The SMILES string of the molecule is C[C@@H](O)[C@H]1C(=O)N2C(C(=O)O)=C(CN3c4ccccc4-c4cc(CC[N+]56CC[N+](CCCN)(CC5)CC6)ccc4S3(=O)=O)[C@H](C)[C@H]12. The van der Waals surface area contributed by atoms with Gasteiger partial charge in [0.1, 0.15) is 45.0 Å². The number of β-lactam (4-membered cyclic amide) rings is 1. The number of fused-ring (bicyclic) bond motifs is 7. The molecule has 0 aromatic heterocycles. The third kappa shape index (κ3) is 4.71. The molecule has 4 N–H and O–H groups in total. The van der Waals surface area contributed by atoms with Gasteiger partial charge < -0.3 is 29.8 Å². The monoisotopic (exact) mass is 651 g/mol. The topological polar surface area (TPSA) is 141 Å². The zero-order valence-corrected chi connectivity index (χ0v) is 27.5. The van der Waals surface area contributed by atoms with Crippen molar-refractivity contribution in [3.8, 4) is 11.1 Å². The number of aliphatic carboxylic acids is 1. The van der Waals surface area contributed by atoms with E-state index in [1.807, 2.05) is 31.2 Å². The van der Waals surface area contributed by atoms with Gasteiger partial charge in [-0.05, 0) is 42.8 Å². The highest BCUT2D eigenvalue weighted by atomic mass is 32.2. The van der Waals surface area contributed by atoms with Crippen molar-refractivity contribution in [1.29, 1.82) is 0 Å². The van der Waals surface area contributed by atoms with Crippen LogP contribution in [0.5, 0.6) is 0 Å². The molecule has 2 bridgehead atoms. The number of carbonyl (C=O) groups excluding carboxylic acids is 1. The number of anilines is 1. The molecule has 12 heteroatoms. The molecule has 2 aromatic carbocycles. The van der Waals surface area contributed by atoms with Crippen molar-refractivity contribution in [2.45, 2.75) is 43.7 Å². The molecule has 246 valence electrons. The molecule has 8 rings (SSSR count). The number of sulfonamides is 1. The maximum Gasteiger partial charge on any atom is 0.352 e. The van der Waals surface area contributed by atoms with Crippen LogP contribution in [0, 0.1) is 11.8 Å². The Labute approximate surface area is 270 Å². The Morgan fingerprint density at radius 2 is 1.67 bits per heavy atom. The van der Waals surface area contributed by atoms with Crippen LogP contribution in [-0.4, -0.2) is 122 Å². The minimum Gasteiger partial charge on any atom is -0.477 e. The van der Waals surface area contributed by atoms with Crippen LogP contribution in [0.4, 0.5) is 5.69 Å². The summed E-state index contributed by atoms with van der Waals surface area (Å²) >= 11 is 0. The summed E-state index contributed by atoms with van der Waals surface area (Å²) < 4.78 is 32.2. The zero-order chi connectivity index (χ0) is 32.6. The fraction of sp³-hybridized carbons (Fsp3) is 0.529. The van der Waals surface area contributed by atoms with Gasteiger partial charge in [0.25, 0.3) is 10.0 Å². The standard InChI is InChI=1S/C34H44N5O6S/c1-22-27(32(34(42)43)37-31(22)30(23(2)40)33(37)41)21-36-28-7-4-3-6-25(28)26-20-24(8-9-29(26)46(36,44)45)10-13-39-17-14-38(15-18-39,16-19-39)12-5-11-35/h3-4,6-9,20,22-23,30-31,40H,5,10-19,21,35H2,1-2H3/q+1/p+1/t22-,23+,30+,31+,38?,39?/m0/s1. The summed E-state index contributed by atoms with van der Waals surface area (Å²) in [6.45, 7) is 13.2. The van der Waals surface area contributed by atoms with Gasteiger partial charge in [-0.15, -0.1) is 0 Å². The van der Waals surface area contributed by atoms with E-state index < -0.39 is 45.9 Å². The highest BCUT2D eigenvalue weighted by Crippen LogP contribution is 2.49. The number of piperazine rings is 3. The lowest BCUT2D eigenvalue weighted by molar-refractivity contribution is -1.08. The fourth-order valence-corrected chi connectivity index (χ4v) is 10.6. The lowest BCUT2D eigenvalue weighted by Gasteiger charge is -2.55. The van der Waals surface area contributed by atoms with Crippen LogP contribution in [0.25, 0.3) is 11.1 Å². The van der Waals surface area contributed by atoms with Gasteiger partial charge in [-0.3, -0.25) is 9.10 Å². The second-order valence-electron chi connectivity index (χ2n) is 14.2. The Kier molecular flexibility index (Phi) is 7.60. The number of carboxylic acid groups (broad SMARTS) is 1. The number of carboxylic acids is 1. The van der Waals surface area contributed by atoms with E-state index in [1.165, 1.54) is 66.4 Å². The summed E-state index contributed by atoms with van der Waals surface area (Å²) in [5, 5.41) is 20.4. The van der Waals surface area contributed by atoms with Crippen LogP contribution >= 0.6 is 0 Å². The third-order valence-corrected chi connectivity index (χ3v) is 13.6. The van der Waals surface area contributed by atoms with Crippen LogP contribution in [0.2, 0.25) is 0 Å². The number of rotatable bonds is 10. The number of hydrogen-bond donors (Lipinski definition) is 3. The summed E-state index contributed by atoms with van der Waals surface area (Å²) in [6.07, 6.45) is 1.01. The summed E-state index contributed by atoms with van der Waals surface area (Å²) in [4.78, 5) is 26.8. The molecule has 11 nitrogen and oxygen atoms in total. The fourth-order valence-electron chi connectivity index (χ4n) is 8.92. The van der Waals surface area contributed by atoms with Gasteiger partial charge in [-0.1, -0.05) is 31.2 Å². The average molecular weight is 652 g/mol. The van der Waals surface area contributed by atoms with Gasteiger partial charge in [0, 0.05) is 29.9 Å². The second-order valence-corrected chi connectivity index (χ2v) is 16.0. The van der Waals surface area contributed by atoms with E-state index in [0.717, 1.165) is 41.5 Å². The molecule has 46 heavy (non-hydrogen) atoms. The van der Waals surface area contributed by atoms with E-state index in [2.05, 4.69) is 0 Å². The maximum absolute atomic E-state index is 14.3. The summed E-state index contributed by atoms with van der Waals surface area (Å²) in [5.74, 6) is -2.87. The Balaban J connectivity index is 1.16. The molecule has 0 spiro atoms. The number of para-hydroxylation sites is 1. The maximum atomic E-state index is 14.3. The smallest absolute Gasteiger partial charge is 0.352 e. The number of nitrogens with zero attached hydrogens (tertiary/aromatic N) is 4. The zero-order valence-electron chi connectivity index (χ0n) is 26.6. The predicted octanol–water partition coefficient (Wildman–Crippen LogP) is 1.61. The number of hydrogen-bond acceptors (Lipinski definition) is 6. The highest BCUT2D eigenvalue weighted by molar-refractivity contribution is 7.93. The second kappa shape index (κ2) is 11.2. The van der Waals surface area contributed by atoms with Crippen molar-refractivity contribution >= 4 is 27.6 Å². The number of carbonyl (C=O) groups is 2. The molecule has 6 heterocycles. The molecule has 6 aliphatic heterocycles. The van der Waals surface area contributed by atoms with Crippen LogP contribution in [0.1, 0.15) is 25.8 Å². The van der Waals surface area contributed by atoms with Gasteiger partial charge in [-0.2, -0.15) is 0 Å². The van der Waals surface area contributed by atoms with Crippen LogP contribution in [0.3, 0.4) is 0 Å². The van der Waals surface area contributed by atoms with E-state index >= 15 is 0 Å². The van der Waals surface area contributed by atoms with Crippen molar-refractivity contribution in [2.75, 3.05) is 69.8 Å². The number of aliphatic hydroxyl groups excluding tert-OH is 1. The number of aliphatic hydroxyl groups is 1. The molecule has 4 fully saturated rings.